The first kappa shape index (κ1) is 12.1. The van der Waals surface area contributed by atoms with Crippen molar-refractivity contribution in [1.82, 2.24) is 0 Å². The summed E-state index contributed by atoms with van der Waals surface area (Å²) in [5.74, 6) is 0. The lowest BCUT2D eigenvalue weighted by atomic mass is 10.1. The fraction of sp³-hybridized carbons (Fsp3) is 0.625. The zero-order chi connectivity index (χ0) is 10.4. The molecule has 4 N–H and O–H groups in total. The van der Waals surface area contributed by atoms with Gasteiger partial charge in [-0.2, -0.15) is 0 Å². The first-order valence-electron chi connectivity index (χ1n) is 3.77. The Labute approximate surface area is 76.4 Å². The highest BCUT2D eigenvalue weighted by atomic mass is 16.3. The Morgan fingerprint density at radius 2 is 2.00 bits per heavy atom. The van der Waals surface area contributed by atoms with E-state index in [0.29, 0.717) is 0 Å². The van der Waals surface area contributed by atoms with E-state index in [1.807, 2.05) is 0 Å². The molecule has 0 aromatic rings. The number of hydrogen-bond acceptors (Lipinski definition) is 4. The van der Waals surface area contributed by atoms with Crippen molar-refractivity contribution in [2.45, 2.75) is 25.2 Å². The molecule has 5 heteroatoms. The Balaban J connectivity index is 4.52. The van der Waals surface area contributed by atoms with Crippen LogP contribution in [0.15, 0.2) is 11.8 Å². The zero-order valence-corrected chi connectivity index (χ0v) is 7.25. The first-order chi connectivity index (χ1) is 6.02. The number of aliphatic hydroxyl groups is 4. The zero-order valence-electron chi connectivity index (χ0n) is 7.25. The second-order valence-corrected chi connectivity index (χ2v) is 2.64. The van der Waals surface area contributed by atoms with Gasteiger partial charge in [-0.25, -0.2) is 4.85 Å². The van der Waals surface area contributed by atoms with Crippen molar-refractivity contribution in [3.8, 4) is 0 Å². The minimum absolute atomic E-state index is 0.170. The van der Waals surface area contributed by atoms with Gasteiger partial charge in [0.05, 0.1) is 25.4 Å². The molecular weight excluding hydrogens is 174 g/mol. The summed E-state index contributed by atoms with van der Waals surface area (Å²) < 4.78 is 0. The maximum absolute atomic E-state index is 9.21. The highest BCUT2D eigenvalue weighted by molar-refractivity contribution is 5.18. The molecule has 0 fully saturated rings. The van der Waals surface area contributed by atoms with E-state index in [1.54, 1.807) is 0 Å². The standard InChI is InChI=1S/C8H13NO4/c1-5(11)8(13)7(9-2)3-6(12)4-10/h3,5-6,8,10-13H,4H2,1H3. The molecule has 0 bridgehead atoms. The van der Waals surface area contributed by atoms with Gasteiger partial charge in [0.25, 0.3) is 0 Å². The minimum atomic E-state index is -1.32. The third-order valence-electron chi connectivity index (χ3n) is 1.44. The number of nitrogens with zero attached hydrogens (tertiary/aromatic N) is 1. The van der Waals surface area contributed by atoms with Gasteiger partial charge in [0, 0.05) is 0 Å². The molecule has 0 aliphatic heterocycles. The summed E-state index contributed by atoms with van der Waals surface area (Å²) in [5, 5.41) is 35.5. The second-order valence-electron chi connectivity index (χ2n) is 2.64. The predicted octanol–water partition coefficient (Wildman–Crippen LogP) is -1.12. The Bertz CT molecular complexity index is 219. The summed E-state index contributed by atoms with van der Waals surface area (Å²) in [7, 11) is 0. The Kier molecular flexibility index (Phi) is 5.26. The van der Waals surface area contributed by atoms with Crippen molar-refractivity contribution >= 4 is 0 Å². The van der Waals surface area contributed by atoms with Gasteiger partial charge in [-0.05, 0) is 13.0 Å². The van der Waals surface area contributed by atoms with Gasteiger partial charge in [-0.3, -0.25) is 0 Å². The lowest BCUT2D eigenvalue weighted by molar-refractivity contribution is 0.0547. The van der Waals surface area contributed by atoms with E-state index < -0.39 is 24.9 Å². The fourth-order valence-corrected chi connectivity index (χ4v) is 0.699. The maximum Gasteiger partial charge on any atom is 0.194 e. The van der Waals surface area contributed by atoms with E-state index in [1.165, 1.54) is 6.92 Å². The third kappa shape index (κ3) is 4.01. The molecule has 0 amide bonds. The predicted molar refractivity (Wildman–Crippen MR) is 45.5 cm³/mol. The lowest BCUT2D eigenvalue weighted by Crippen LogP contribution is -2.24. The van der Waals surface area contributed by atoms with Gasteiger partial charge >= 0.3 is 0 Å². The summed E-state index contributed by atoms with van der Waals surface area (Å²) in [4.78, 5) is 2.93. The molecule has 0 saturated carbocycles. The molecule has 0 heterocycles. The molecular formula is C8H13NO4. The fourth-order valence-electron chi connectivity index (χ4n) is 0.699. The van der Waals surface area contributed by atoms with Crippen LogP contribution in [0.2, 0.25) is 0 Å². The van der Waals surface area contributed by atoms with Crippen LogP contribution < -0.4 is 0 Å². The molecule has 3 atom stereocenters. The number of hydrogen-bond donors (Lipinski definition) is 4. The molecule has 13 heavy (non-hydrogen) atoms. The normalized spacial score (nSPS) is 18.9. The van der Waals surface area contributed by atoms with Crippen LogP contribution in [-0.4, -0.2) is 45.3 Å². The summed E-state index contributed by atoms with van der Waals surface area (Å²) in [6, 6.07) is 0. The lowest BCUT2D eigenvalue weighted by Gasteiger charge is -2.12. The van der Waals surface area contributed by atoms with Crippen molar-refractivity contribution in [3.05, 3.63) is 23.2 Å². The van der Waals surface area contributed by atoms with Crippen molar-refractivity contribution in [2.24, 2.45) is 0 Å². The molecule has 74 valence electrons. The van der Waals surface area contributed by atoms with E-state index in [0.717, 1.165) is 6.08 Å². The smallest absolute Gasteiger partial charge is 0.194 e. The summed E-state index contributed by atoms with van der Waals surface area (Å²) in [6.45, 7) is 7.45. The molecule has 0 spiro atoms. The minimum Gasteiger partial charge on any atom is -0.397 e. The van der Waals surface area contributed by atoms with Gasteiger partial charge < -0.3 is 20.4 Å². The Hall–Kier alpha value is -0.930. The molecule has 0 radical (unpaired) electrons. The maximum atomic E-state index is 9.21. The Morgan fingerprint density at radius 1 is 1.46 bits per heavy atom. The average Bonchev–Trinajstić information content (AvgIpc) is 2.12. The molecule has 0 saturated heterocycles. The summed E-state index contributed by atoms with van der Waals surface area (Å²) in [6.07, 6.45) is -2.56. The van der Waals surface area contributed by atoms with Crippen LogP contribution in [0.5, 0.6) is 0 Å². The van der Waals surface area contributed by atoms with Gasteiger partial charge in [0.1, 0.15) is 6.10 Å². The quantitative estimate of drug-likeness (QED) is 0.420. The highest BCUT2D eigenvalue weighted by Crippen LogP contribution is 2.09. The molecule has 5 nitrogen and oxygen atoms in total. The van der Waals surface area contributed by atoms with Crippen LogP contribution in [-0.2, 0) is 0 Å². The van der Waals surface area contributed by atoms with Crippen LogP contribution in [0.3, 0.4) is 0 Å². The third-order valence-corrected chi connectivity index (χ3v) is 1.44. The van der Waals surface area contributed by atoms with E-state index in [9.17, 15) is 5.11 Å². The van der Waals surface area contributed by atoms with Crippen molar-refractivity contribution in [2.75, 3.05) is 6.61 Å². The Morgan fingerprint density at radius 3 is 2.31 bits per heavy atom. The summed E-state index contributed by atoms with van der Waals surface area (Å²) >= 11 is 0. The summed E-state index contributed by atoms with van der Waals surface area (Å²) in [5.41, 5.74) is -0.170. The van der Waals surface area contributed by atoms with Gasteiger partial charge in [0.2, 0.25) is 0 Å². The first-order valence-corrected chi connectivity index (χ1v) is 3.77. The van der Waals surface area contributed by atoms with E-state index >= 15 is 0 Å². The molecule has 3 unspecified atom stereocenters. The van der Waals surface area contributed by atoms with Crippen molar-refractivity contribution < 1.29 is 20.4 Å². The van der Waals surface area contributed by atoms with Crippen LogP contribution >= 0.6 is 0 Å². The van der Waals surface area contributed by atoms with Crippen LogP contribution in [0, 0.1) is 6.57 Å². The van der Waals surface area contributed by atoms with E-state index in [4.69, 9.17) is 21.9 Å². The molecule has 0 aliphatic carbocycles. The number of rotatable bonds is 4. The SMILES string of the molecule is [C-]#[N+]C(=CC(O)CO)C(O)C(C)O. The molecule has 0 aromatic carbocycles. The van der Waals surface area contributed by atoms with Crippen LogP contribution in [0.1, 0.15) is 6.92 Å². The molecule has 0 rings (SSSR count). The topological polar surface area (TPSA) is 85.3 Å². The van der Waals surface area contributed by atoms with E-state index in [-0.39, 0.29) is 5.70 Å². The van der Waals surface area contributed by atoms with Gasteiger partial charge in [-0.1, -0.05) is 0 Å². The van der Waals surface area contributed by atoms with Crippen molar-refractivity contribution in [1.29, 1.82) is 0 Å². The van der Waals surface area contributed by atoms with Crippen LogP contribution in [0.25, 0.3) is 4.85 Å². The van der Waals surface area contributed by atoms with Crippen molar-refractivity contribution in [3.63, 3.8) is 0 Å². The largest absolute Gasteiger partial charge is 0.397 e. The van der Waals surface area contributed by atoms with Gasteiger partial charge in [-0.15, -0.1) is 0 Å². The number of aliphatic hydroxyl groups excluding tert-OH is 4. The highest BCUT2D eigenvalue weighted by Gasteiger charge is 2.18. The average molecular weight is 187 g/mol. The molecule has 0 aliphatic rings. The monoisotopic (exact) mass is 187 g/mol. The van der Waals surface area contributed by atoms with E-state index in [2.05, 4.69) is 4.85 Å². The van der Waals surface area contributed by atoms with Crippen LogP contribution in [0.4, 0.5) is 0 Å². The second kappa shape index (κ2) is 5.67. The molecule has 0 aromatic heterocycles. The van der Waals surface area contributed by atoms with Gasteiger partial charge in [0.15, 0.2) is 5.70 Å².